The van der Waals surface area contributed by atoms with Gasteiger partial charge in [-0.1, -0.05) is 0 Å². The van der Waals surface area contributed by atoms with Crippen LogP contribution in [0, 0.1) is 0 Å². The van der Waals surface area contributed by atoms with Crippen molar-refractivity contribution in [1.82, 2.24) is 25.1 Å². The number of amides is 1. The zero-order chi connectivity index (χ0) is 17.7. The highest BCUT2D eigenvalue weighted by molar-refractivity contribution is 7.19. The van der Waals surface area contributed by atoms with Gasteiger partial charge in [-0.15, -0.1) is 11.3 Å². The summed E-state index contributed by atoms with van der Waals surface area (Å²) in [5.41, 5.74) is 3.04. The van der Waals surface area contributed by atoms with E-state index in [1.807, 2.05) is 18.2 Å². The minimum atomic E-state index is -0.883. The molecule has 5 rings (SSSR count). The number of hydrogen-bond acceptors (Lipinski definition) is 6. The number of aromatic amines is 1. The smallest absolute Gasteiger partial charge is 0.407 e. The van der Waals surface area contributed by atoms with Gasteiger partial charge in [0.15, 0.2) is 0 Å². The van der Waals surface area contributed by atoms with Crippen molar-refractivity contribution < 1.29 is 9.90 Å². The largest absolute Gasteiger partial charge is 0.465 e. The Balaban J connectivity index is 1.57. The number of fused-ring (bicyclic) bond motifs is 4. The van der Waals surface area contributed by atoms with Crippen LogP contribution in [0.5, 0.6) is 0 Å². The molecular weight excluding hydrogens is 352 g/mol. The highest BCUT2D eigenvalue weighted by Crippen LogP contribution is 2.38. The summed E-state index contributed by atoms with van der Waals surface area (Å²) in [6.07, 6.45) is 3.11. The van der Waals surface area contributed by atoms with Crippen molar-refractivity contribution in [2.45, 2.75) is 13.0 Å². The molecule has 1 aromatic carbocycles. The molecule has 0 spiro atoms. The lowest BCUT2D eigenvalue weighted by Gasteiger charge is -2.24. The lowest BCUT2D eigenvalue weighted by Crippen LogP contribution is -2.34. The molecule has 0 bridgehead atoms. The molecule has 4 heterocycles. The third-order valence-corrected chi connectivity index (χ3v) is 5.74. The zero-order valence-electron chi connectivity index (χ0n) is 13.6. The fourth-order valence-electron chi connectivity index (χ4n) is 3.34. The van der Waals surface area contributed by atoms with Crippen LogP contribution in [0.15, 0.2) is 30.7 Å². The molecule has 0 saturated heterocycles. The first kappa shape index (κ1) is 15.1. The standard InChI is InChI=1S/C17H14N6O2S/c24-17(25)23-4-3-11-13(7-23)26-16-14(11)15(18-8-19-16)21-10-1-2-12-9(5-10)6-20-22-12/h1-2,5-6,8H,3-4,7H2,(H,20,22)(H,24,25)(H,18,19,21). The van der Waals surface area contributed by atoms with Gasteiger partial charge in [0, 0.05) is 22.5 Å². The Hall–Kier alpha value is -3.20. The van der Waals surface area contributed by atoms with Crippen molar-refractivity contribution in [3.63, 3.8) is 0 Å². The summed E-state index contributed by atoms with van der Waals surface area (Å²) in [6.45, 7) is 0.898. The maximum atomic E-state index is 11.3. The molecule has 0 aliphatic carbocycles. The third-order valence-electron chi connectivity index (χ3n) is 4.61. The maximum Gasteiger partial charge on any atom is 0.407 e. The van der Waals surface area contributed by atoms with E-state index in [0.717, 1.165) is 43.1 Å². The van der Waals surface area contributed by atoms with Gasteiger partial charge in [0.1, 0.15) is 17.0 Å². The maximum absolute atomic E-state index is 11.3. The summed E-state index contributed by atoms with van der Waals surface area (Å²) in [5.74, 6) is 0.749. The van der Waals surface area contributed by atoms with E-state index in [2.05, 4.69) is 25.5 Å². The van der Waals surface area contributed by atoms with Crippen LogP contribution in [-0.4, -0.2) is 42.8 Å². The van der Waals surface area contributed by atoms with Crippen LogP contribution in [0.25, 0.3) is 21.1 Å². The van der Waals surface area contributed by atoms with Gasteiger partial charge in [0.2, 0.25) is 0 Å². The second-order valence-electron chi connectivity index (χ2n) is 6.16. The van der Waals surface area contributed by atoms with Gasteiger partial charge < -0.3 is 15.3 Å². The number of nitrogens with one attached hydrogen (secondary N) is 2. The van der Waals surface area contributed by atoms with E-state index in [4.69, 9.17) is 0 Å². The average molecular weight is 366 g/mol. The molecule has 4 aromatic rings. The highest BCUT2D eigenvalue weighted by atomic mass is 32.1. The molecule has 0 radical (unpaired) electrons. The topological polar surface area (TPSA) is 107 Å². The highest BCUT2D eigenvalue weighted by Gasteiger charge is 2.26. The molecular formula is C17H14N6O2S. The number of carbonyl (C=O) groups is 1. The monoisotopic (exact) mass is 366 g/mol. The summed E-state index contributed by atoms with van der Waals surface area (Å²) in [7, 11) is 0. The van der Waals surface area contributed by atoms with E-state index in [0.29, 0.717) is 19.5 Å². The van der Waals surface area contributed by atoms with Crippen LogP contribution in [0.2, 0.25) is 0 Å². The van der Waals surface area contributed by atoms with E-state index in [1.54, 1.807) is 6.20 Å². The van der Waals surface area contributed by atoms with Crippen LogP contribution < -0.4 is 5.32 Å². The molecule has 1 amide bonds. The Kier molecular flexibility index (Phi) is 3.29. The molecule has 0 fully saturated rings. The Morgan fingerprint density at radius 1 is 1.35 bits per heavy atom. The third kappa shape index (κ3) is 2.36. The Labute approximate surface area is 151 Å². The van der Waals surface area contributed by atoms with Crippen molar-refractivity contribution in [1.29, 1.82) is 0 Å². The Morgan fingerprint density at radius 3 is 3.15 bits per heavy atom. The molecule has 0 saturated carbocycles. The molecule has 1 aliphatic heterocycles. The van der Waals surface area contributed by atoms with E-state index in [-0.39, 0.29) is 0 Å². The summed E-state index contributed by atoms with van der Waals surface area (Å²) >= 11 is 1.54. The number of anilines is 2. The van der Waals surface area contributed by atoms with Gasteiger partial charge in [-0.25, -0.2) is 14.8 Å². The zero-order valence-corrected chi connectivity index (χ0v) is 14.4. The van der Waals surface area contributed by atoms with E-state index >= 15 is 0 Å². The SMILES string of the molecule is O=C(O)N1CCc2c(sc3ncnc(Nc4ccc5[nH]ncc5c4)c23)C1. The molecule has 8 nitrogen and oxygen atoms in total. The predicted molar refractivity (Wildman–Crippen MR) is 98.9 cm³/mol. The number of carboxylic acid groups (broad SMARTS) is 1. The summed E-state index contributed by atoms with van der Waals surface area (Å²) in [6, 6.07) is 5.95. The number of H-pyrrole nitrogens is 1. The molecule has 26 heavy (non-hydrogen) atoms. The molecule has 0 unspecified atom stereocenters. The normalized spacial score (nSPS) is 13.9. The summed E-state index contributed by atoms with van der Waals surface area (Å²) in [5, 5.41) is 21.6. The van der Waals surface area contributed by atoms with Crippen LogP contribution in [-0.2, 0) is 13.0 Å². The van der Waals surface area contributed by atoms with Crippen LogP contribution >= 0.6 is 11.3 Å². The lowest BCUT2D eigenvalue weighted by atomic mass is 10.1. The van der Waals surface area contributed by atoms with Gasteiger partial charge in [-0.2, -0.15) is 5.10 Å². The number of hydrogen-bond donors (Lipinski definition) is 3. The Morgan fingerprint density at radius 2 is 2.27 bits per heavy atom. The van der Waals surface area contributed by atoms with Crippen LogP contribution in [0.1, 0.15) is 10.4 Å². The minimum Gasteiger partial charge on any atom is -0.465 e. The number of thiophene rings is 1. The predicted octanol–water partition coefficient (Wildman–Crippen LogP) is 3.35. The van der Waals surface area contributed by atoms with Crippen LogP contribution in [0.3, 0.4) is 0 Å². The second-order valence-corrected chi connectivity index (χ2v) is 7.24. The van der Waals surface area contributed by atoms with Gasteiger partial charge in [-0.3, -0.25) is 5.10 Å². The van der Waals surface area contributed by atoms with Gasteiger partial charge >= 0.3 is 6.09 Å². The van der Waals surface area contributed by atoms with Gasteiger partial charge in [0.05, 0.1) is 23.6 Å². The molecule has 3 N–H and O–H groups in total. The lowest BCUT2D eigenvalue weighted by molar-refractivity contribution is 0.140. The first-order valence-electron chi connectivity index (χ1n) is 8.12. The van der Waals surface area contributed by atoms with Gasteiger partial charge in [0.25, 0.3) is 0 Å². The summed E-state index contributed by atoms with van der Waals surface area (Å²) < 4.78 is 0. The van der Waals surface area contributed by atoms with E-state index in [1.165, 1.54) is 22.6 Å². The second kappa shape index (κ2) is 5.67. The Bertz CT molecular complexity index is 1150. The van der Waals surface area contributed by atoms with E-state index < -0.39 is 6.09 Å². The van der Waals surface area contributed by atoms with Crippen molar-refractivity contribution in [2.75, 3.05) is 11.9 Å². The number of rotatable bonds is 2. The molecule has 9 heteroatoms. The first-order chi connectivity index (χ1) is 12.7. The van der Waals surface area contributed by atoms with Crippen molar-refractivity contribution in [3.8, 4) is 0 Å². The number of aromatic nitrogens is 4. The van der Waals surface area contributed by atoms with Crippen molar-refractivity contribution in [2.24, 2.45) is 0 Å². The van der Waals surface area contributed by atoms with Crippen molar-refractivity contribution in [3.05, 3.63) is 41.2 Å². The molecule has 1 aliphatic rings. The number of nitrogens with zero attached hydrogens (tertiary/aromatic N) is 4. The van der Waals surface area contributed by atoms with E-state index in [9.17, 15) is 9.90 Å². The number of benzene rings is 1. The quantitative estimate of drug-likeness (QED) is 0.502. The van der Waals surface area contributed by atoms with Gasteiger partial charge in [-0.05, 0) is 30.2 Å². The summed E-state index contributed by atoms with van der Waals surface area (Å²) in [4.78, 5) is 23.4. The van der Waals surface area contributed by atoms with Crippen LogP contribution in [0.4, 0.5) is 16.3 Å². The molecule has 0 atom stereocenters. The fraction of sp³-hybridized carbons (Fsp3) is 0.176. The minimum absolute atomic E-state index is 0.409. The fourth-order valence-corrected chi connectivity index (χ4v) is 4.55. The molecule has 3 aromatic heterocycles. The molecule has 130 valence electrons. The first-order valence-corrected chi connectivity index (χ1v) is 8.94. The van der Waals surface area contributed by atoms with Crippen molar-refractivity contribution >= 4 is 50.1 Å². The average Bonchev–Trinajstić information content (AvgIpc) is 3.25.